The van der Waals surface area contributed by atoms with Crippen molar-refractivity contribution in [3.63, 3.8) is 0 Å². The van der Waals surface area contributed by atoms with Crippen molar-refractivity contribution < 1.29 is 23.9 Å². The minimum atomic E-state index is -0.697. The first-order chi connectivity index (χ1) is 21.7. The minimum absolute atomic E-state index is 0.136. The van der Waals surface area contributed by atoms with Crippen molar-refractivity contribution in [1.82, 2.24) is 19.8 Å². The molecule has 3 aromatic rings. The predicted molar refractivity (Wildman–Crippen MR) is 174 cm³/mol. The smallest absolute Gasteiger partial charge is 0.298 e. The number of nitrogens with one attached hydrogen (secondary N) is 3. The maximum absolute atomic E-state index is 13.3. The van der Waals surface area contributed by atoms with Crippen molar-refractivity contribution >= 4 is 46.9 Å². The second-order valence-electron chi connectivity index (χ2n) is 10.8. The average molecular weight is 617 g/mol. The second-order valence-corrected chi connectivity index (χ2v) is 10.8. The molecule has 0 spiro atoms. The third kappa shape index (κ3) is 9.00. The molecule has 1 aliphatic heterocycles. The molecule has 1 saturated heterocycles. The highest BCUT2D eigenvalue weighted by molar-refractivity contribution is 6.08. The summed E-state index contributed by atoms with van der Waals surface area (Å²) in [6, 6.07) is 12.5. The van der Waals surface area contributed by atoms with E-state index in [1.165, 1.54) is 13.3 Å². The lowest BCUT2D eigenvalue weighted by molar-refractivity contribution is -0.129. The van der Waals surface area contributed by atoms with E-state index >= 15 is 0 Å². The standard InChI is InChI=1S/C32H40N8O5/c1-22(45-21-41)31(43)35-27-19-28(29(44-5)20-26(27)33-12-6-14-38(2)3)37-32-34-13-11-25(36-32)30(42)23-7-9-24(10-8-23)40-17-15-39(4)16-18-40/h7-11,13,19-21,33H,1,6,12,14-18H2,2-5H3,(H,35,43)(H,34,36,37). The summed E-state index contributed by atoms with van der Waals surface area (Å²) in [6.45, 7) is 8.97. The van der Waals surface area contributed by atoms with Crippen molar-refractivity contribution in [3.8, 4) is 5.75 Å². The summed E-state index contributed by atoms with van der Waals surface area (Å²) in [5, 5.41) is 9.12. The Hall–Kier alpha value is -5.01. The maximum atomic E-state index is 13.3. The highest BCUT2D eigenvalue weighted by Crippen LogP contribution is 2.36. The normalized spacial score (nSPS) is 13.2. The molecule has 0 aliphatic carbocycles. The second kappa shape index (κ2) is 15.6. The maximum Gasteiger partial charge on any atom is 0.298 e. The van der Waals surface area contributed by atoms with Crippen LogP contribution in [0.5, 0.6) is 5.75 Å². The molecule has 1 fully saturated rings. The zero-order chi connectivity index (χ0) is 32.3. The van der Waals surface area contributed by atoms with Gasteiger partial charge in [-0.3, -0.25) is 14.4 Å². The summed E-state index contributed by atoms with van der Waals surface area (Å²) >= 11 is 0. The molecule has 0 bridgehead atoms. The molecular formula is C32H40N8O5. The van der Waals surface area contributed by atoms with Crippen LogP contribution < -0.4 is 25.6 Å². The topological polar surface area (TPSA) is 141 Å². The minimum Gasteiger partial charge on any atom is -0.494 e. The van der Waals surface area contributed by atoms with Gasteiger partial charge in [-0.15, -0.1) is 0 Å². The highest BCUT2D eigenvalue weighted by Gasteiger charge is 2.19. The summed E-state index contributed by atoms with van der Waals surface area (Å²) in [4.78, 5) is 52.1. The molecule has 13 heteroatoms. The number of benzene rings is 2. The van der Waals surface area contributed by atoms with Gasteiger partial charge in [-0.05, 0) is 70.5 Å². The SMILES string of the molecule is C=C(OC=O)C(=O)Nc1cc(Nc2nccc(C(=O)c3ccc(N4CCN(C)CC4)cc3)n2)c(OC)cc1NCCCN(C)C. The number of hydrogen-bond acceptors (Lipinski definition) is 12. The summed E-state index contributed by atoms with van der Waals surface area (Å²) < 4.78 is 10.2. The largest absolute Gasteiger partial charge is 0.494 e. The van der Waals surface area contributed by atoms with E-state index in [9.17, 15) is 14.4 Å². The Bertz CT molecular complexity index is 1500. The van der Waals surface area contributed by atoms with E-state index in [0.717, 1.165) is 44.8 Å². The van der Waals surface area contributed by atoms with Crippen LogP contribution in [0.4, 0.5) is 28.7 Å². The Morgan fingerprint density at radius 2 is 1.78 bits per heavy atom. The van der Waals surface area contributed by atoms with E-state index in [2.05, 4.69) is 59.0 Å². The number of hydrogen-bond donors (Lipinski definition) is 3. The molecule has 4 rings (SSSR count). The van der Waals surface area contributed by atoms with E-state index < -0.39 is 5.91 Å². The zero-order valence-corrected chi connectivity index (χ0v) is 26.1. The molecule has 2 heterocycles. The van der Waals surface area contributed by atoms with Crippen LogP contribution in [0.2, 0.25) is 0 Å². The van der Waals surface area contributed by atoms with Crippen molar-refractivity contribution in [2.24, 2.45) is 0 Å². The third-order valence-corrected chi connectivity index (χ3v) is 7.26. The quantitative estimate of drug-likeness (QED) is 0.0759. The van der Waals surface area contributed by atoms with Crippen molar-refractivity contribution in [2.45, 2.75) is 6.42 Å². The number of ketones is 1. The van der Waals surface area contributed by atoms with Gasteiger partial charge in [-0.2, -0.15) is 0 Å². The Balaban J connectivity index is 1.54. The number of nitrogens with zero attached hydrogens (tertiary/aromatic N) is 5. The molecule has 0 radical (unpaired) electrons. The van der Waals surface area contributed by atoms with Crippen LogP contribution in [0.3, 0.4) is 0 Å². The fourth-order valence-electron chi connectivity index (χ4n) is 4.72. The van der Waals surface area contributed by atoms with Gasteiger partial charge < -0.3 is 40.1 Å². The number of carbonyl (C=O) groups excluding carboxylic acids is 3. The van der Waals surface area contributed by atoms with Crippen LogP contribution in [0.15, 0.2) is 61.0 Å². The number of rotatable bonds is 15. The van der Waals surface area contributed by atoms with Gasteiger partial charge in [0.1, 0.15) is 11.4 Å². The number of amides is 1. The molecule has 1 aromatic heterocycles. The summed E-state index contributed by atoms with van der Waals surface area (Å²) in [7, 11) is 7.61. The molecule has 2 aromatic carbocycles. The Morgan fingerprint density at radius 1 is 1.04 bits per heavy atom. The number of anilines is 5. The summed E-state index contributed by atoms with van der Waals surface area (Å²) in [5.41, 5.74) is 3.19. The van der Waals surface area contributed by atoms with Crippen molar-refractivity contribution in [3.05, 3.63) is 72.3 Å². The number of aromatic nitrogens is 2. The number of ether oxygens (including phenoxy) is 2. The van der Waals surface area contributed by atoms with Crippen molar-refractivity contribution in [2.75, 3.05) is 88.4 Å². The van der Waals surface area contributed by atoms with Crippen molar-refractivity contribution in [1.29, 1.82) is 0 Å². The van der Waals surface area contributed by atoms with E-state index in [0.29, 0.717) is 34.9 Å². The fraction of sp³-hybridized carbons (Fsp3) is 0.344. The number of methoxy groups -OCH3 is 1. The third-order valence-electron chi connectivity index (χ3n) is 7.26. The van der Waals surface area contributed by atoms with Crippen LogP contribution in [-0.2, 0) is 14.3 Å². The van der Waals surface area contributed by atoms with Crippen LogP contribution in [0.25, 0.3) is 0 Å². The number of piperazine rings is 1. The molecule has 13 nitrogen and oxygen atoms in total. The number of carbonyl (C=O) groups is 3. The van der Waals surface area contributed by atoms with Crippen LogP contribution in [0.1, 0.15) is 22.5 Å². The molecule has 45 heavy (non-hydrogen) atoms. The van der Waals surface area contributed by atoms with Gasteiger partial charge in [0.05, 0.1) is 24.2 Å². The highest BCUT2D eigenvalue weighted by atomic mass is 16.5. The van der Waals surface area contributed by atoms with Gasteiger partial charge in [0, 0.05) is 56.2 Å². The summed E-state index contributed by atoms with van der Waals surface area (Å²) in [6.07, 6.45) is 2.34. The predicted octanol–water partition coefficient (Wildman–Crippen LogP) is 3.20. The molecule has 1 aliphatic rings. The van der Waals surface area contributed by atoms with Gasteiger partial charge in [0.2, 0.25) is 11.7 Å². The molecule has 1 amide bonds. The summed E-state index contributed by atoms with van der Waals surface area (Å²) in [5.74, 6) is -0.704. The first kappa shape index (κ1) is 32.9. The molecule has 0 atom stereocenters. The zero-order valence-electron chi connectivity index (χ0n) is 26.1. The van der Waals surface area contributed by atoms with Gasteiger partial charge in [-0.1, -0.05) is 6.58 Å². The van der Waals surface area contributed by atoms with Gasteiger partial charge in [0.25, 0.3) is 12.4 Å². The van der Waals surface area contributed by atoms with Crippen LogP contribution in [0, 0.1) is 0 Å². The van der Waals surface area contributed by atoms with E-state index in [1.807, 2.05) is 38.4 Å². The fourth-order valence-corrected chi connectivity index (χ4v) is 4.72. The van der Waals surface area contributed by atoms with Gasteiger partial charge in [-0.25, -0.2) is 9.97 Å². The molecule has 0 unspecified atom stereocenters. The lowest BCUT2D eigenvalue weighted by Crippen LogP contribution is -2.44. The van der Waals surface area contributed by atoms with Gasteiger partial charge >= 0.3 is 0 Å². The molecule has 3 N–H and O–H groups in total. The molecular weight excluding hydrogens is 576 g/mol. The van der Waals surface area contributed by atoms with E-state index in [-0.39, 0.29) is 29.7 Å². The van der Waals surface area contributed by atoms with E-state index in [4.69, 9.17) is 4.74 Å². The lowest BCUT2D eigenvalue weighted by Gasteiger charge is -2.34. The lowest BCUT2D eigenvalue weighted by atomic mass is 10.1. The Labute approximate surface area is 263 Å². The first-order valence-electron chi connectivity index (χ1n) is 14.6. The first-order valence-corrected chi connectivity index (χ1v) is 14.6. The Kier molecular flexibility index (Phi) is 11.4. The molecule has 238 valence electrons. The van der Waals surface area contributed by atoms with E-state index in [1.54, 1.807) is 18.2 Å². The number of likely N-dealkylation sites (N-methyl/N-ethyl adjacent to an activating group) is 1. The molecule has 0 saturated carbocycles. The average Bonchev–Trinajstić information content (AvgIpc) is 3.04. The van der Waals surface area contributed by atoms with Crippen LogP contribution in [-0.4, -0.2) is 105 Å². The van der Waals surface area contributed by atoms with Crippen LogP contribution >= 0.6 is 0 Å². The van der Waals surface area contributed by atoms with Gasteiger partial charge in [0.15, 0.2) is 5.76 Å². The monoisotopic (exact) mass is 616 g/mol. The Morgan fingerprint density at radius 3 is 2.44 bits per heavy atom.